The molecule has 1 N–H and O–H groups in total. The second kappa shape index (κ2) is 2.34. The third kappa shape index (κ3) is 1.13. The van der Waals surface area contributed by atoms with Crippen molar-refractivity contribution in [3.05, 3.63) is 16.4 Å². The zero-order valence-electron chi connectivity index (χ0n) is 5.27. The molecule has 0 aliphatic carbocycles. The van der Waals surface area contributed by atoms with E-state index in [1.807, 2.05) is 0 Å². The minimum Gasteiger partial charge on any atom is -0.493 e. The molecule has 0 bridgehead atoms. The second-order valence-corrected chi connectivity index (χ2v) is 2.21. The standard InChI is InChI=1S/C5H6N2O2S/c1-7-4(9)2-3(8)6-5(7)10/h2,8H,1H3,(H,6,10). The summed E-state index contributed by atoms with van der Waals surface area (Å²) < 4.78 is 1.23. The lowest BCUT2D eigenvalue weighted by atomic mass is 10.6. The SMILES string of the molecule is Cn1c(S)nc(O)cc1=O. The molecule has 0 aromatic carbocycles. The van der Waals surface area contributed by atoms with E-state index in [1.165, 1.54) is 11.6 Å². The zero-order chi connectivity index (χ0) is 7.72. The number of aromatic hydroxyl groups is 1. The number of rotatable bonds is 0. The molecule has 0 unspecified atom stereocenters. The summed E-state index contributed by atoms with van der Waals surface area (Å²) in [7, 11) is 1.52. The van der Waals surface area contributed by atoms with Crippen LogP contribution in [-0.2, 0) is 7.05 Å². The predicted molar refractivity (Wildman–Crippen MR) is 38.4 cm³/mol. The highest BCUT2D eigenvalue weighted by atomic mass is 32.1. The number of hydrogen-bond donors (Lipinski definition) is 2. The molecule has 4 nitrogen and oxygen atoms in total. The van der Waals surface area contributed by atoms with Gasteiger partial charge in [-0.3, -0.25) is 9.36 Å². The van der Waals surface area contributed by atoms with Gasteiger partial charge in [0.2, 0.25) is 5.88 Å². The molecular weight excluding hydrogens is 152 g/mol. The Hall–Kier alpha value is -0.970. The summed E-state index contributed by atoms with van der Waals surface area (Å²) >= 11 is 3.83. The van der Waals surface area contributed by atoms with Crippen LogP contribution in [0.15, 0.2) is 16.0 Å². The van der Waals surface area contributed by atoms with Gasteiger partial charge in [-0.15, -0.1) is 12.6 Å². The Morgan fingerprint density at radius 2 is 2.40 bits per heavy atom. The van der Waals surface area contributed by atoms with E-state index >= 15 is 0 Å². The van der Waals surface area contributed by atoms with Gasteiger partial charge in [0.05, 0.1) is 6.07 Å². The highest BCUT2D eigenvalue weighted by molar-refractivity contribution is 7.80. The van der Waals surface area contributed by atoms with Crippen LogP contribution in [-0.4, -0.2) is 14.7 Å². The minimum atomic E-state index is -0.322. The largest absolute Gasteiger partial charge is 0.493 e. The Bertz CT molecular complexity index is 307. The normalized spacial score (nSPS) is 9.80. The molecule has 5 heteroatoms. The lowest BCUT2D eigenvalue weighted by Gasteiger charge is -1.98. The van der Waals surface area contributed by atoms with Crippen molar-refractivity contribution in [1.29, 1.82) is 0 Å². The lowest BCUT2D eigenvalue weighted by molar-refractivity contribution is 0.438. The van der Waals surface area contributed by atoms with Crippen molar-refractivity contribution in [2.75, 3.05) is 0 Å². The molecule has 0 aliphatic heterocycles. The summed E-state index contributed by atoms with van der Waals surface area (Å²) in [5.41, 5.74) is -0.322. The molecule has 1 rings (SSSR count). The maximum absolute atomic E-state index is 10.8. The van der Waals surface area contributed by atoms with Crippen molar-refractivity contribution in [1.82, 2.24) is 9.55 Å². The van der Waals surface area contributed by atoms with E-state index in [0.717, 1.165) is 6.07 Å². The van der Waals surface area contributed by atoms with E-state index in [-0.39, 0.29) is 16.6 Å². The van der Waals surface area contributed by atoms with Crippen molar-refractivity contribution in [3.8, 4) is 5.88 Å². The maximum atomic E-state index is 10.8. The average molecular weight is 158 g/mol. The van der Waals surface area contributed by atoms with Gasteiger partial charge in [0.25, 0.3) is 5.56 Å². The van der Waals surface area contributed by atoms with Gasteiger partial charge >= 0.3 is 0 Å². The van der Waals surface area contributed by atoms with E-state index in [9.17, 15) is 4.79 Å². The fourth-order valence-corrected chi connectivity index (χ4v) is 0.717. The van der Waals surface area contributed by atoms with Gasteiger partial charge in [-0.2, -0.15) is 4.98 Å². The quantitative estimate of drug-likeness (QED) is 0.405. The first-order valence-corrected chi connectivity index (χ1v) is 3.02. The Morgan fingerprint density at radius 3 is 2.90 bits per heavy atom. The van der Waals surface area contributed by atoms with Crippen LogP contribution in [0.25, 0.3) is 0 Å². The number of nitrogens with zero attached hydrogens (tertiary/aromatic N) is 2. The smallest absolute Gasteiger partial charge is 0.257 e. The molecule has 0 spiro atoms. The van der Waals surface area contributed by atoms with Gasteiger partial charge in [0.15, 0.2) is 5.16 Å². The molecule has 0 amide bonds. The summed E-state index contributed by atoms with van der Waals surface area (Å²) in [6.07, 6.45) is 0. The van der Waals surface area contributed by atoms with Gasteiger partial charge < -0.3 is 5.11 Å². The van der Waals surface area contributed by atoms with Crippen LogP contribution in [0.4, 0.5) is 0 Å². The Kier molecular flexibility index (Phi) is 1.67. The summed E-state index contributed by atoms with van der Waals surface area (Å²) in [6.45, 7) is 0. The first-order valence-electron chi connectivity index (χ1n) is 2.57. The Morgan fingerprint density at radius 1 is 1.80 bits per heavy atom. The van der Waals surface area contributed by atoms with Gasteiger partial charge in [0, 0.05) is 7.05 Å². The van der Waals surface area contributed by atoms with E-state index in [4.69, 9.17) is 5.11 Å². The third-order valence-corrected chi connectivity index (χ3v) is 1.50. The number of aromatic nitrogens is 2. The first-order chi connectivity index (χ1) is 4.61. The fraction of sp³-hybridized carbons (Fsp3) is 0.200. The highest BCUT2D eigenvalue weighted by Crippen LogP contribution is 2.02. The summed E-state index contributed by atoms with van der Waals surface area (Å²) in [5, 5.41) is 8.94. The molecule has 0 radical (unpaired) electrons. The Balaban J connectivity index is 3.46. The first kappa shape index (κ1) is 7.14. The molecule has 1 aromatic heterocycles. The highest BCUT2D eigenvalue weighted by Gasteiger charge is 1.98. The average Bonchev–Trinajstić information content (AvgIpc) is 1.82. The van der Waals surface area contributed by atoms with E-state index in [2.05, 4.69) is 17.6 Å². The molecule has 10 heavy (non-hydrogen) atoms. The van der Waals surface area contributed by atoms with Gasteiger partial charge in [-0.25, -0.2) is 0 Å². The monoisotopic (exact) mass is 158 g/mol. The topological polar surface area (TPSA) is 55.1 Å². The van der Waals surface area contributed by atoms with E-state index in [1.54, 1.807) is 0 Å². The fourth-order valence-electron chi connectivity index (χ4n) is 0.516. The van der Waals surface area contributed by atoms with Crippen LogP contribution in [0.1, 0.15) is 0 Å². The Labute approximate surface area is 62.6 Å². The van der Waals surface area contributed by atoms with E-state index in [0.29, 0.717) is 0 Å². The van der Waals surface area contributed by atoms with Crippen LogP contribution in [0, 0.1) is 0 Å². The molecule has 1 aromatic rings. The minimum absolute atomic E-state index is 0.199. The second-order valence-electron chi connectivity index (χ2n) is 1.81. The van der Waals surface area contributed by atoms with Gasteiger partial charge in [-0.1, -0.05) is 0 Å². The van der Waals surface area contributed by atoms with Crippen LogP contribution in [0.3, 0.4) is 0 Å². The third-order valence-electron chi connectivity index (χ3n) is 1.10. The zero-order valence-corrected chi connectivity index (χ0v) is 6.17. The van der Waals surface area contributed by atoms with Crippen LogP contribution >= 0.6 is 12.6 Å². The van der Waals surface area contributed by atoms with Crippen molar-refractivity contribution in [2.45, 2.75) is 5.16 Å². The maximum Gasteiger partial charge on any atom is 0.257 e. The van der Waals surface area contributed by atoms with Crippen molar-refractivity contribution in [3.63, 3.8) is 0 Å². The van der Waals surface area contributed by atoms with Gasteiger partial charge in [-0.05, 0) is 0 Å². The molecular formula is C5H6N2O2S. The molecule has 0 aliphatic rings. The molecule has 0 saturated carbocycles. The van der Waals surface area contributed by atoms with Crippen LogP contribution in [0.2, 0.25) is 0 Å². The summed E-state index contributed by atoms with van der Waals surface area (Å²) in [6, 6.07) is 1.03. The van der Waals surface area contributed by atoms with E-state index < -0.39 is 0 Å². The molecule has 54 valence electrons. The number of hydrogen-bond acceptors (Lipinski definition) is 4. The molecule has 0 fully saturated rings. The number of thiol groups is 1. The van der Waals surface area contributed by atoms with Crippen LogP contribution < -0.4 is 5.56 Å². The predicted octanol–water partition coefficient (Wildman–Crippen LogP) is -0.225. The molecule has 0 saturated heterocycles. The van der Waals surface area contributed by atoms with Crippen molar-refractivity contribution in [2.24, 2.45) is 7.05 Å². The van der Waals surface area contributed by atoms with Gasteiger partial charge in [0.1, 0.15) is 0 Å². The molecule has 0 atom stereocenters. The lowest BCUT2D eigenvalue weighted by Crippen LogP contribution is -2.17. The summed E-state index contributed by atoms with van der Waals surface area (Å²) in [4.78, 5) is 14.3. The van der Waals surface area contributed by atoms with Crippen molar-refractivity contribution < 1.29 is 5.11 Å². The molecule has 1 heterocycles. The summed E-state index contributed by atoms with van der Waals surface area (Å²) in [5.74, 6) is -0.298. The van der Waals surface area contributed by atoms with Crippen LogP contribution in [0.5, 0.6) is 5.88 Å². The van der Waals surface area contributed by atoms with Crippen molar-refractivity contribution >= 4 is 12.6 Å².